The Morgan fingerprint density at radius 3 is 2.32 bits per heavy atom. The van der Waals surface area contributed by atoms with Crippen molar-refractivity contribution >= 4 is 11.7 Å². The summed E-state index contributed by atoms with van der Waals surface area (Å²) in [6, 6.07) is 3.20. The highest BCUT2D eigenvalue weighted by atomic mass is 19.4. The molecule has 0 amide bonds. The first kappa shape index (κ1) is 15.3. The fraction of sp³-hybridized carbons (Fsp3) is 0.462. The number of carboxylic acids is 1. The molecule has 0 radical (unpaired) electrons. The molecule has 1 rings (SSSR count). The number of hydrogen-bond acceptors (Lipinski definition) is 2. The largest absolute Gasteiger partial charge is 0.478 e. The monoisotopic (exact) mass is 275 g/mol. The summed E-state index contributed by atoms with van der Waals surface area (Å²) in [6.45, 7) is 3.90. The predicted octanol–water partition coefficient (Wildman–Crippen LogP) is 4.00. The number of halogens is 3. The smallest absolute Gasteiger partial charge is 0.417 e. The van der Waals surface area contributed by atoms with E-state index in [1.54, 1.807) is 0 Å². The van der Waals surface area contributed by atoms with Crippen molar-refractivity contribution in [2.75, 3.05) is 5.32 Å². The molecule has 19 heavy (non-hydrogen) atoms. The van der Waals surface area contributed by atoms with Crippen molar-refractivity contribution in [2.45, 2.75) is 38.9 Å². The Balaban J connectivity index is 3.13. The minimum Gasteiger partial charge on any atom is -0.478 e. The molecule has 0 bridgehead atoms. The van der Waals surface area contributed by atoms with Gasteiger partial charge in [-0.15, -0.1) is 0 Å². The lowest BCUT2D eigenvalue weighted by Crippen LogP contribution is -2.18. The molecule has 106 valence electrons. The standard InChI is InChI=1S/C13H16F3NO2/c1-3-8(4-2)17-9-5-6-11(13(14,15)16)10(7-9)12(18)19/h5-8,17H,3-4H2,1-2H3,(H,18,19). The van der Waals surface area contributed by atoms with E-state index in [1.807, 2.05) is 13.8 Å². The van der Waals surface area contributed by atoms with Gasteiger partial charge in [-0.1, -0.05) is 13.8 Å². The summed E-state index contributed by atoms with van der Waals surface area (Å²) in [5.74, 6) is -1.58. The van der Waals surface area contributed by atoms with Crippen molar-refractivity contribution in [1.82, 2.24) is 0 Å². The molecule has 0 saturated heterocycles. The van der Waals surface area contributed by atoms with Crippen LogP contribution in [-0.4, -0.2) is 17.1 Å². The van der Waals surface area contributed by atoms with E-state index < -0.39 is 23.3 Å². The van der Waals surface area contributed by atoms with Gasteiger partial charge in [-0.25, -0.2) is 4.79 Å². The van der Waals surface area contributed by atoms with Gasteiger partial charge in [-0.3, -0.25) is 0 Å². The molecule has 0 fully saturated rings. The molecular formula is C13H16F3NO2. The number of aromatic carboxylic acids is 1. The van der Waals surface area contributed by atoms with Gasteiger partial charge in [0, 0.05) is 11.7 Å². The Kier molecular flexibility index (Phi) is 4.80. The number of carbonyl (C=O) groups is 1. The maximum Gasteiger partial charge on any atom is 0.417 e. The van der Waals surface area contributed by atoms with Crippen LogP contribution in [0, 0.1) is 0 Å². The first-order chi connectivity index (χ1) is 8.79. The number of hydrogen-bond donors (Lipinski definition) is 2. The molecule has 0 aliphatic heterocycles. The first-order valence-electron chi connectivity index (χ1n) is 6.00. The van der Waals surface area contributed by atoms with Gasteiger partial charge in [-0.05, 0) is 31.0 Å². The van der Waals surface area contributed by atoms with Gasteiger partial charge in [0.15, 0.2) is 0 Å². The zero-order valence-electron chi connectivity index (χ0n) is 10.7. The van der Waals surface area contributed by atoms with Crippen LogP contribution in [-0.2, 0) is 6.18 Å². The summed E-state index contributed by atoms with van der Waals surface area (Å²) in [7, 11) is 0. The van der Waals surface area contributed by atoms with Gasteiger partial charge in [0.2, 0.25) is 0 Å². The zero-order chi connectivity index (χ0) is 14.6. The molecule has 0 aromatic heterocycles. The maximum atomic E-state index is 12.7. The SMILES string of the molecule is CCC(CC)Nc1ccc(C(F)(F)F)c(C(=O)O)c1. The van der Waals surface area contributed by atoms with E-state index in [0.29, 0.717) is 5.69 Å². The second-order valence-corrected chi connectivity index (χ2v) is 4.22. The Morgan fingerprint density at radius 2 is 1.89 bits per heavy atom. The molecular weight excluding hydrogens is 259 g/mol. The average Bonchev–Trinajstić information content (AvgIpc) is 2.34. The van der Waals surface area contributed by atoms with Crippen LogP contribution in [0.25, 0.3) is 0 Å². The van der Waals surface area contributed by atoms with Crippen LogP contribution in [0.2, 0.25) is 0 Å². The molecule has 0 aliphatic carbocycles. The zero-order valence-corrected chi connectivity index (χ0v) is 10.7. The fourth-order valence-electron chi connectivity index (χ4n) is 1.79. The quantitative estimate of drug-likeness (QED) is 0.853. The molecule has 0 unspecified atom stereocenters. The molecule has 0 saturated carbocycles. The summed E-state index contributed by atoms with van der Waals surface area (Å²) in [6.07, 6.45) is -3.05. The number of anilines is 1. The Labute approximate surface area is 109 Å². The van der Waals surface area contributed by atoms with Crippen molar-refractivity contribution in [3.05, 3.63) is 29.3 Å². The second-order valence-electron chi connectivity index (χ2n) is 4.22. The number of rotatable bonds is 5. The highest BCUT2D eigenvalue weighted by Gasteiger charge is 2.35. The van der Waals surface area contributed by atoms with Crippen molar-refractivity contribution in [2.24, 2.45) is 0 Å². The Hall–Kier alpha value is -1.72. The average molecular weight is 275 g/mol. The van der Waals surface area contributed by atoms with Gasteiger partial charge in [0.05, 0.1) is 11.1 Å². The molecule has 0 spiro atoms. The number of nitrogens with one attached hydrogen (secondary N) is 1. The van der Waals surface area contributed by atoms with Crippen molar-refractivity contribution in [3.8, 4) is 0 Å². The van der Waals surface area contributed by atoms with E-state index in [1.165, 1.54) is 6.07 Å². The van der Waals surface area contributed by atoms with Crippen LogP contribution in [0.5, 0.6) is 0 Å². The van der Waals surface area contributed by atoms with Crippen LogP contribution in [0.4, 0.5) is 18.9 Å². The molecule has 0 atom stereocenters. The van der Waals surface area contributed by atoms with E-state index in [4.69, 9.17) is 5.11 Å². The lowest BCUT2D eigenvalue weighted by atomic mass is 10.1. The lowest BCUT2D eigenvalue weighted by molar-refractivity contribution is -0.138. The molecule has 1 aromatic carbocycles. The molecule has 3 nitrogen and oxygen atoms in total. The second kappa shape index (κ2) is 5.95. The molecule has 6 heteroatoms. The van der Waals surface area contributed by atoms with Gasteiger partial charge < -0.3 is 10.4 Å². The summed E-state index contributed by atoms with van der Waals surface area (Å²) < 4.78 is 38.0. The Bertz CT molecular complexity index is 454. The predicted molar refractivity (Wildman–Crippen MR) is 66.4 cm³/mol. The number of benzene rings is 1. The summed E-state index contributed by atoms with van der Waals surface area (Å²) in [5, 5.41) is 11.9. The van der Waals surface area contributed by atoms with Crippen LogP contribution in [0.3, 0.4) is 0 Å². The highest BCUT2D eigenvalue weighted by Crippen LogP contribution is 2.33. The van der Waals surface area contributed by atoms with Crippen molar-refractivity contribution in [1.29, 1.82) is 0 Å². The normalized spacial score (nSPS) is 11.7. The Morgan fingerprint density at radius 1 is 1.32 bits per heavy atom. The molecule has 1 aromatic rings. The third kappa shape index (κ3) is 3.87. The summed E-state index contributed by atoms with van der Waals surface area (Å²) in [5.41, 5.74) is -1.47. The van der Waals surface area contributed by atoms with E-state index in [0.717, 1.165) is 25.0 Å². The van der Waals surface area contributed by atoms with Crippen LogP contribution in [0.1, 0.15) is 42.6 Å². The highest BCUT2D eigenvalue weighted by molar-refractivity contribution is 5.91. The maximum absolute atomic E-state index is 12.7. The minimum absolute atomic E-state index is 0.110. The van der Waals surface area contributed by atoms with Crippen molar-refractivity contribution < 1.29 is 23.1 Å². The molecule has 0 heterocycles. The van der Waals surface area contributed by atoms with E-state index in [9.17, 15) is 18.0 Å². The van der Waals surface area contributed by atoms with Crippen LogP contribution >= 0.6 is 0 Å². The third-order valence-corrected chi connectivity index (χ3v) is 2.91. The summed E-state index contributed by atoms with van der Waals surface area (Å²) >= 11 is 0. The number of alkyl halides is 3. The summed E-state index contributed by atoms with van der Waals surface area (Å²) in [4.78, 5) is 10.9. The minimum atomic E-state index is -4.67. The van der Waals surface area contributed by atoms with Crippen molar-refractivity contribution in [3.63, 3.8) is 0 Å². The van der Waals surface area contributed by atoms with Gasteiger partial charge in [-0.2, -0.15) is 13.2 Å². The van der Waals surface area contributed by atoms with Gasteiger partial charge in [0.25, 0.3) is 0 Å². The van der Waals surface area contributed by atoms with Gasteiger partial charge >= 0.3 is 12.1 Å². The first-order valence-corrected chi connectivity index (χ1v) is 6.00. The van der Waals surface area contributed by atoms with Crippen LogP contribution < -0.4 is 5.32 Å². The third-order valence-electron chi connectivity index (χ3n) is 2.91. The molecule has 0 aliphatic rings. The number of carboxylic acid groups (broad SMARTS) is 1. The fourth-order valence-corrected chi connectivity index (χ4v) is 1.79. The van der Waals surface area contributed by atoms with Crippen LogP contribution in [0.15, 0.2) is 18.2 Å². The van der Waals surface area contributed by atoms with E-state index in [-0.39, 0.29) is 6.04 Å². The lowest BCUT2D eigenvalue weighted by Gasteiger charge is -2.18. The topological polar surface area (TPSA) is 49.3 Å². The molecule has 2 N–H and O–H groups in total. The van der Waals surface area contributed by atoms with E-state index >= 15 is 0 Å². The van der Waals surface area contributed by atoms with Gasteiger partial charge in [0.1, 0.15) is 0 Å². The van der Waals surface area contributed by atoms with E-state index in [2.05, 4.69) is 5.32 Å².